The third-order valence-corrected chi connectivity index (χ3v) is 13.3. The van der Waals surface area contributed by atoms with Crippen LogP contribution in [0.1, 0.15) is 96.1 Å². The van der Waals surface area contributed by atoms with Gasteiger partial charge in [-0.25, -0.2) is 0 Å². The Morgan fingerprint density at radius 3 is 2.63 bits per heavy atom. The molecule has 6 rings (SSSR count). The number of carbonyl (C=O) groups is 1. The van der Waals surface area contributed by atoms with Gasteiger partial charge in [-0.05, 0) is 134 Å². The largest absolute Gasteiger partial charge is 0.393 e. The van der Waals surface area contributed by atoms with Gasteiger partial charge in [0.25, 0.3) is 0 Å². The Balaban J connectivity index is 1.10. The van der Waals surface area contributed by atoms with Crippen molar-refractivity contribution >= 4 is 21.8 Å². The number of hydrogen-bond donors (Lipinski definition) is 2. The molecule has 0 bridgehead atoms. The number of hydrogen-bond acceptors (Lipinski definition) is 3. The SMILES string of the molecule is C[C@H](CCC(=O)N1CCc2cc(Br)ccc2C1)[C@H]1CC[C@H]2[C@@H]3[C@H](O)C[C@@H]4C[C@H](O)CC[C@]4(C)[C@H]3CC[C@]12C. The van der Waals surface area contributed by atoms with Gasteiger partial charge in [0.15, 0.2) is 0 Å². The Morgan fingerprint density at radius 2 is 1.82 bits per heavy atom. The van der Waals surface area contributed by atoms with Crippen LogP contribution in [0.25, 0.3) is 0 Å². The summed E-state index contributed by atoms with van der Waals surface area (Å²) in [5.41, 5.74) is 3.22. The number of aliphatic hydroxyl groups excluding tert-OH is 2. The average Bonchev–Trinajstić information content (AvgIpc) is 3.25. The number of aliphatic hydroxyl groups is 2. The third-order valence-electron chi connectivity index (χ3n) is 12.8. The van der Waals surface area contributed by atoms with Crippen molar-refractivity contribution in [1.29, 1.82) is 0 Å². The molecule has 0 aromatic heterocycles. The summed E-state index contributed by atoms with van der Waals surface area (Å²) in [6.45, 7) is 9.01. The molecular formula is C33H48BrNO3. The molecule has 5 aliphatic rings. The molecule has 1 heterocycles. The fourth-order valence-corrected chi connectivity index (χ4v) is 11.0. The Morgan fingerprint density at radius 1 is 1.05 bits per heavy atom. The molecule has 210 valence electrons. The highest BCUT2D eigenvalue weighted by Gasteiger charge is 2.62. The van der Waals surface area contributed by atoms with Gasteiger partial charge in [0.05, 0.1) is 12.2 Å². The molecule has 0 spiro atoms. The first-order valence-electron chi connectivity index (χ1n) is 15.5. The molecule has 4 nitrogen and oxygen atoms in total. The Hall–Kier alpha value is -0.910. The van der Waals surface area contributed by atoms with Gasteiger partial charge in [0, 0.05) is 24.0 Å². The third kappa shape index (κ3) is 4.51. The zero-order chi connectivity index (χ0) is 26.8. The summed E-state index contributed by atoms with van der Waals surface area (Å²) >= 11 is 3.57. The second-order valence-corrected chi connectivity index (χ2v) is 15.4. The van der Waals surface area contributed by atoms with E-state index in [2.05, 4.69) is 59.8 Å². The lowest BCUT2D eigenvalue weighted by Crippen LogP contribution is -2.58. The monoisotopic (exact) mass is 585 g/mol. The van der Waals surface area contributed by atoms with E-state index in [0.29, 0.717) is 47.8 Å². The minimum absolute atomic E-state index is 0.174. The zero-order valence-electron chi connectivity index (χ0n) is 23.7. The van der Waals surface area contributed by atoms with Gasteiger partial charge in [-0.2, -0.15) is 0 Å². The molecule has 0 saturated heterocycles. The lowest BCUT2D eigenvalue weighted by atomic mass is 9.43. The van der Waals surface area contributed by atoms with Crippen LogP contribution < -0.4 is 0 Å². The molecule has 1 amide bonds. The lowest BCUT2D eigenvalue weighted by molar-refractivity contribution is -0.174. The average molecular weight is 587 g/mol. The van der Waals surface area contributed by atoms with Crippen LogP contribution in [0.4, 0.5) is 0 Å². The first-order valence-corrected chi connectivity index (χ1v) is 16.3. The van der Waals surface area contributed by atoms with E-state index in [1.165, 1.54) is 36.8 Å². The molecule has 4 fully saturated rings. The minimum Gasteiger partial charge on any atom is -0.393 e. The second-order valence-electron chi connectivity index (χ2n) is 14.4. The fraction of sp³-hybridized carbons (Fsp3) is 0.788. The topological polar surface area (TPSA) is 60.8 Å². The number of carbonyl (C=O) groups excluding carboxylic acids is 1. The van der Waals surface area contributed by atoms with Gasteiger partial charge < -0.3 is 15.1 Å². The van der Waals surface area contributed by atoms with Crippen LogP contribution in [0.15, 0.2) is 22.7 Å². The van der Waals surface area contributed by atoms with E-state index in [1.807, 2.05) is 0 Å². The van der Waals surface area contributed by atoms with Gasteiger partial charge in [-0.15, -0.1) is 0 Å². The highest BCUT2D eigenvalue weighted by Crippen LogP contribution is 2.68. The van der Waals surface area contributed by atoms with Crippen molar-refractivity contribution in [1.82, 2.24) is 4.90 Å². The van der Waals surface area contributed by atoms with Crippen molar-refractivity contribution in [3.05, 3.63) is 33.8 Å². The first-order chi connectivity index (χ1) is 18.1. The Kier molecular flexibility index (Phi) is 7.30. The van der Waals surface area contributed by atoms with Crippen molar-refractivity contribution in [3.63, 3.8) is 0 Å². The highest BCUT2D eigenvalue weighted by molar-refractivity contribution is 9.10. The molecule has 0 unspecified atom stereocenters. The minimum atomic E-state index is -0.216. The van der Waals surface area contributed by atoms with Crippen molar-refractivity contribution in [2.75, 3.05) is 6.54 Å². The van der Waals surface area contributed by atoms with Crippen molar-refractivity contribution < 1.29 is 15.0 Å². The normalized spacial score (nSPS) is 43.0. The molecule has 4 aliphatic carbocycles. The molecule has 0 radical (unpaired) electrons. The van der Waals surface area contributed by atoms with Crippen molar-refractivity contribution in [3.8, 4) is 0 Å². The summed E-state index contributed by atoms with van der Waals surface area (Å²) in [5, 5.41) is 21.8. The second kappa shape index (κ2) is 10.2. The van der Waals surface area contributed by atoms with Gasteiger partial charge in [0.2, 0.25) is 5.91 Å². The summed E-state index contributed by atoms with van der Waals surface area (Å²) in [6, 6.07) is 6.45. The van der Waals surface area contributed by atoms with Gasteiger partial charge >= 0.3 is 0 Å². The smallest absolute Gasteiger partial charge is 0.222 e. The maximum Gasteiger partial charge on any atom is 0.222 e. The molecule has 4 saturated carbocycles. The summed E-state index contributed by atoms with van der Waals surface area (Å²) < 4.78 is 1.12. The number of amides is 1. The van der Waals surface area contributed by atoms with Crippen LogP contribution >= 0.6 is 15.9 Å². The van der Waals surface area contributed by atoms with Crippen LogP contribution in [-0.2, 0) is 17.8 Å². The quantitative estimate of drug-likeness (QED) is 0.411. The molecule has 1 aromatic carbocycles. The van der Waals surface area contributed by atoms with Crippen LogP contribution in [0.2, 0.25) is 0 Å². The van der Waals surface area contributed by atoms with Gasteiger partial charge in [0.1, 0.15) is 0 Å². The summed E-state index contributed by atoms with van der Waals surface area (Å²) in [6.07, 6.45) is 11.0. The molecule has 5 heteroatoms. The standard InChI is InChI=1S/C33H48BrNO3/c1-20(4-9-30(38)35-15-12-21-16-24(34)6-5-22(21)19-35)26-7-8-27-31-28(11-14-33(26,27)3)32(2)13-10-25(36)17-23(32)18-29(31)37/h5-6,16,20,23,25-29,31,36-37H,4,7-15,17-19H2,1-3H3/t20-,23+,25-,26-,27+,28+,29-,31+,32+,33-/m1/s1. The van der Waals surface area contributed by atoms with Crippen molar-refractivity contribution in [2.45, 2.75) is 110 Å². The molecular weight excluding hydrogens is 538 g/mol. The van der Waals surface area contributed by atoms with E-state index in [0.717, 1.165) is 56.1 Å². The number of nitrogens with zero attached hydrogens (tertiary/aromatic N) is 1. The predicted molar refractivity (Wildman–Crippen MR) is 154 cm³/mol. The van der Waals surface area contributed by atoms with Crippen LogP contribution in [-0.4, -0.2) is 39.8 Å². The van der Waals surface area contributed by atoms with Crippen LogP contribution in [0, 0.1) is 46.3 Å². The Bertz CT molecular complexity index is 1060. The Labute approximate surface area is 238 Å². The number of halogens is 1. The van der Waals surface area contributed by atoms with Crippen LogP contribution in [0.5, 0.6) is 0 Å². The summed E-state index contributed by atoms with van der Waals surface area (Å²) in [4.78, 5) is 15.3. The maximum absolute atomic E-state index is 13.2. The highest BCUT2D eigenvalue weighted by atomic mass is 79.9. The molecule has 1 aromatic rings. The number of rotatable bonds is 4. The maximum atomic E-state index is 13.2. The van der Waals surface area contributed by atoms with E-state index in [1.54, 1.807) is 0 Å². The fourth-order valence-electron chi connectivity index (χ4n) is 10.6. The molecule has 10 atom stereocenters. The predicted octanol–water partition coefficient (Wildman–Crippen LogP) is 6.74. The molecule has 1 aliphatic heterocycles. The van der Waals surface area contributed by atoms with Gasteiger partial charge in [-0.1, -0.05) is 42.8 Å². The van der Waals surface area contributed by atoms with Crippen molar-refractivity contribution in [2.24, 2.45) is 46.3 Å². The van der Waals surface area contributed by atoms with E-state index >= 15 is 0 Å². The van der Waals surface area contributed by atoms with E-state index < -0.39 is 0 Å². The lowest BCUT2D eigenvalue weighted by Gasteiger charge is -2.62. The summed E-state index contributed by atoms with van der Waals surface area (Å²) in [5.74, 6) is 3.57. The number of fused-ring (bicyclic) bond motifs is 6. The summed E-state index contributed by atoms with van der Waals surface area (Å²) in [7, 11) is 0. The first kappa shape index (κ1) is 27.3. The zero-order valence-corrected chi connectivity index (χ0v) is 25.3. The van der Waals surface area contributed by atoms with E-state index in [4.69, 9.17) is 0 Å². The number of benzene rings is 1. The van der Waals surface area contributed by atoms with Crippen LogP contribution in [0.3, 0.4) is 0 Å². The molecule has 2 N–H and O–H groups in total. The van der Waals surface area contributed by atoms with E-state index in [9.17, 15) is 15.0 Å². The molecule has 38 heavy (non-hydrogen) atoms. The van der Waals surface area contributed by atoms with Gasteiger partial charge in [-0.3, -0.25) is 4.79 Å². The van der Waals surface area contributed by atoms with E-state index in [-0.39, 0.29) is 23.0 Å².